The van der Waals surface area contributed by atoms with E-state index in [4.69, 9.17) is 4.74 Å². The normalized spacial score (nSPS) is 20.9. The van der Waals surface area contributed by atoms with Crippen molar-refractivity contribution in [2.24, 2.45) is 7.05 Å². The molecule has 0 aliphatic carbocycles. The molecule has 5 heteroatoms. The summed E-state index contributed by atoms with van der Waals surface area (Å²) in [5, 5.41) is 8.40. The Hall–Kier alpha value is -0.940. The van der Waals surface area contributed by atoms with Gasteiger partial charge in [0.2, 0.25) is 0 Å². The van der Waals surface area contributed by atoms with Crippen LogP contribution in [0.5, 0.6) is 0 Å². The second-order valence-corrected chi connectivity index (χ2v) is 4.92. The third-order valence-electron chi connectivity index (χ3n) is 3.39. The van der Waals surface area contributed by atoms with Crippen molar-refractivity contribution in [3.8, 4) is 0 Å². The van der Waals surface area contributed by atoms with Gasteiger partial charge in [0, 0.05) is 38.7 Å². The van der Waals surface area contributed by atoms with Gasteiger partial charge in [0.1, 0.15) is 5.69 Å². The number of hydrogen-bond donors (Lipinski definition) is 0. The van der Waals surface area contributed by atoms with Crippen molar-refractivity contribution in [2.75, 3.05) is 19.8 Å². The lowest BCUT2D eigenvalue weighted by atomic mass is 9.98. The molecule has 0 aromatic carbocycles. The summed E-state index contributed by atoms with van der Waals surface area (Å²) in [5.41, 5.74) is 2.35. The average molecular weight is 238 g/mol. The molecular formula is C12H22N4O. The van der Waals surface area contributed by atoms with Gasteiger partial charge >= 0.3 is 0 Å². The van der Waals surface area contributed by atoms with Gasteiger partial charge in [0.05, 0.1) is 12.3 Å². The van der Waals surface area contributed by atoms with Crippen molar-refractivity contribution in [3.63, 3.8) is 0 Å². The van der Waals surface area contributed by atoms with Crippen LogP contribution in [0.25, 0.3) is 0 Å². The molecule has 0 fully saturated rings. The van der Waals surface area contributed by atoms with E-state index in [1.54, 1.807) is 0 Å². The van der Waals surface area contributed by atoms with E-state index < -0.39 is 0 Å². The number of nitrogens with zero attached hydrogens (tertiary/aromatic N) is 4. The zero-order valence-electron chi connectivity index (χ0n) is 11.2. The molecule has 1 aromatic rings. The average Bonchev–Trinajstić information content (AvgIpc) is 2.68. The van der Waals surface area contributed by atoms with Crippen LogP contribution in [0.15, 0.2) is 0 Å². The van der Waals surface area contributed by atoms with Crippen LogP contribution < -0.4 is 0 Å². The van der Waals surface area contributed by atoms with Gasteiger partial charge in [0.15, 0.2) is 0 Å². The van der Waals surface area contributed by atoms with Gasteiger partial charge in [-0.05, 0) is 20.8 Å². The molecule has 0 radical (unpaired) electrons. The molecule has 1 aromatic heterocycles. The molecule has 0 saturated carbocycles. The van der Waals surface area contributed by atoms with Gasteiger partial charge in [-0.2, -0.15) is 0 Å². The highest BCUT2D eigenvalue weighted by molar-refractivity contribution is 5.19. The fourth-order valence-electron chi connectivity index (χ4n) is 2.43. The highest BCUT2D eigenvalue weighted by Gasteiger charge is 2.30. The van der Waals surface area contributed by atoms with Crippen molar-refractivity contribution in [3.05, 3.63) is 11.4 Å². The zero-order chi connectivity index (χ0) is 12.4. The van der Waals surface area contributed by atoms with E-state index in [-0.39, 0.29) is 0 Å². The Bertz CT molecular complexity index is 375. The maximum atomic E-state index is 5.59. The first kappa shape index (κ1) is 12.5. The predicted octanol–water partition coefficient (Wildman–Crippen LogP) is 1.16. The molecule has 1 aliphatic rings. The van der Waals surface area contributed by atoms with Crippen LogP contribution in [0.1, 0.15) is 38.1 Å². The lowest BCUT2D eigenvalue weighted by molar-refractivity contribution is 0.0942. The van der Waals surface area contributed by atoms with E-state index in [1.165, 1.54) is 5.69 Å². The summed E-state index contributed by atoms with van der Waals surface area (Å²) >= 11 is 0. The number of aryl methyl sites for hydroxylation is 1. The maximum Gasteiger partial charge on any atom is 0.100 e. The molecule has 0 bridgehead atoms. The lowest BCUT2D eigenvalue weighted by Gasteiger charge is -2.34. The van der Waals surface area contributed by atoms with Crippen LogP contribution in [0.3, 0.4) is 0 Å². The number of aromatic nitrogens is 3. The predicted molar refractivity (Wildman–Crippen MR) is 65.8 cm³/mol. The summed E-state index contributed by atoms with van der Waals surface area (Å²) in [6, 6.07) is 0.536. The summed E-state index contributed by atoms with van der Waals surface area (Å²) in [6.07, 6.45) is 0. The zero-order valence-corrected chi connectivity index (χ0v) is 11.2. The summed E-state index contributed by atoms with van der Waals surface area (Å²) in [4.78, 5) is 2.43. The number of fused-ring (bicyclic) bond motifs is 1. The summed E-state index contributed by atoms with van der Waals surface area (Å²) < 4.78 is 7.49. The van der Waals surface area contributed by atoms with E-state index in [2.05, 4.69) is 29.1 Å². The molecule has 2 rings (SSSR count). The first-order chi connectivity index (χ1) is 8.13. The Morgan fingerprint density at radius 2 is 2.24 bits per heavy atom. The first-order valence-electron chi connectivity index (χ1n) is 6.33. The number of rotatable bonds is 4. The molecule has 1 atom stereocenters. The maximum absolute atomic E-state index is 5.59. The molecule has 1 unspecified atom stereocenters. The fourth-order valence-corrected chi connectivity index (χ4v) is 2.43. The van der Waals surface area contributed by atoms with E-state index >= 15 is 0 Å². The van der Waals surface area contributed by atoms with Crippen LogP contribution >= 0.6 is 0 Å². The second kappa shape index (κ2) is 5.14. The minimum Gasteiger partial charge on any atom is -0.381 e. The van der Waals surface area contributed by atoms with Crippen molar-refractivity contribution < 1.29 is 4.74 Å². The Labute approximate surface area is 103 Å². The van der Waals surface area contributed by atoms with Crippen molar-refractivity contribution in [1.29, 1.82) is 0 Å². The Morgan fingerprint density at radius 3 is 2.88 bits per heavy atom. The van der Waals surface area contributed by atoms with Gasteiger partial charge in [0.25, 0.3) is 0 Å². The smallest absolute Gasteiger partial charge is 0.100 e. The van der Waals surface area contributed by atoms with E-state index in [9.17, 15) is 0 Å². The Kier molecular flexibility index (Phi) is 3.79. The standard InChI is InChI=1S/C12H22N4O/c1-5-17-8-10-6-16(9(2)3)7-11-12(10)15(4)14-13-11/h9-10H,5-8H2,1-4H3. The van der Waals surface area contributed by atoms with E-state index in [0.717, 1.165) is 32.0 Å². The molecule has 5 nitrogen and oxygen atoms in total. The van der Waals surface area contributed by atoms with Crippen molar-refractivity contribution >= 4 is 0 Å². The largest absolute Gasteiger partial charge is 0.381 e. The van der Waals surface area contributed by atoms with Crippen molar-refractivity contribution in [2.45, 2.75) is 39.3 Å². The van der Waals surface area contributed by atoms with Gasteiger partial charge in [-0.1, -0.05) is 5.21 Å². The molecule has 0 saturated heterocycles. The Balaban J connectivity index is 2.21. The molecule has 1 aliphatic heterocycles. The number of hydrogen-bond acceptors (Lipinski definition) is 4. The summed E-state index contributed by atoms with van der Waals surface area (Å²) in [7, 11) is 1.97. The third-order valence-corrected chi connectivity index (χ3v) is 3.39. The van der Waals surface area contributed by atoms with Gasteiger partial charge in [-0.25, -0.2) is 0 Å². The number of ether oxygens (including phenoxy) is 1. The van der Waals surface area contributed by atoms with Crippen LogP contribution in [-0.4, -0.2) is 45.7 Å². The van der Waals surface area contributed by atoms with Crippen LogP contribution in [0.4, 0.5) is 0 Å². The molecule has 17 heavy (non-hydrogen) atoms. The van der Waals surface area contributed by atoms with Gasteiger partial charge in [-0.15, -0.1) is 5.10 Å². The van der Waals surface area contributed by atoms with Crippen LogP contribution in [-0.2, 0) is 18.3 Å². The van der Waals surface area contributed by atoms with E-state index in [0.29, 0.717) is 12.0 Å². The highest BCUT2D eigenvalue weighted by atomic mass is 16.5. The molecular weight excluding hydrogens is 216 g/mol. The lowest BCUT2D eigenvalue weighted by Crippen LogP contribution is -2.40. The molecule has 0 N–H and O–H groups in total. The molecule has 96 valence electrons. The van der Waals surface area contributed by atoms with Crippen LogP contribution in [0.2, 0.25) is 0 Å². The highest BCUT2D eigenvalue weighted by Crippen LogP contribution is 2.27. The fraction of sp³-hybridized carbons (Fsp3) is 0.833. The molecule has 0 spiro atoms. The minimum atomic E-state index is 0.390. The Morgan fingerprint density at radius 1 is 1.47 bits per heavy atom. The third kappa shape index (κ3) is 2.50. The second-order valence-electron chi connectivity index (χ2n) is 4.92. The quantitative estimate of drug-likeness (QED) is 0.789. The summed E-state index contributed by atoms with van der Waals surface area (Å²) in [5.74, 6) is 0.390. The first-order valence-corrected chi connectivity index (χ1v) is 6.33. The monoisotopic (exact) mass is 238 g/mol. The SMILES string of the molecule is CCOCC1CN(C(C)C)Cc2nnn(C)c21. The topological polar surface area (TPSA) is 43.2 Å². The van der Waals surface area contributed by atoms with Crippen LogP contribution in [0, 0.1) is 0 Å². The molecule has 0 amide bonds. The van der Waals surface area contributed by atoms with Crippen molar-refractivity contribution in [1.82, 2.24) is 19.9 Å². The van der Waals surface area contributed by atoms with Gasteiger partial charge in [-0.3, -0.25) is 9.58 Å². The van der Waals surface area contributed by atoms with E-state index in [1.807, 2.05) is 18.7 Å². The molecule has 2 heterocycles. The summed E-state index contributed by atoms with van der Waals surface area (Å²) in [6.45, 7) is 9.94. The van der Waals surface area contributed by atoms with Gasteiger partial charge < -0.3 is 4.74 Å². The minimum absolute atomic E-state index is 0.390.